The van der Waals surface area contributed by atoms with Crippen LogP contribution >= 0.6 is 0 Å². The quantitative estimate of drug-likeness (QED) is 0.815. The summed E-state index contributed by atoms with van der Waals surface area (Å²) in [5.74, 6) is 0.358. The Labute approximate surface area is 167 Å². The Hall–Kier alpha value is -2.19. The van der Waals surface area contributed by atoms with Gasteiger partial charge in [0.1, 0.15) is 5.82 Å². The van der Waals surface area contributed by atoms with Gasteiger partial charge in [-0.2, -0.15) is 0 Å². The summed E-state index contributed by atoms with van der Waals surface area (Å²) in [4.78, 5) is 29.5. The van der Waals surface area contributed by atoms with Crippen molar-refractivity contribution >= 4 is 16.6 Å². The van der Waals surface area contributed by atoms with Crippen LogP contribution in [0.4, 0.5) is 10.1 Å². The number of methoxy groups -OCH3 is 1. The highest BCUT2D eigenvalue weighted by Crippen LogP contribution is 2.42. The van der Waals surface area contributed by atoms with Gasteiger partial charge in [0.25, 0.3) is 5.56 Å². The summed E-state index contributed by atoms with van der Waals surface area (Å²) in [7, 11) is 1.55. The molecule has 8 heteroatoms. The van der Waals surface area contributed by atoms with Crippen LogP contribution in [0.25, 0.3) is 10.9 Å². The highest BCUT2D eigenvalue weighted by molar-refractivity contribution is 5.87. The van der Waals surface area contributed by atoms with Crippen molar-refractivity contribution in [3.63, 3.8) is 0 Å². The van der Waals surface area contributed by atoms with E-state index in [-0.39, 0.29) is 24.1 Å². The summed E-state index contributed by atoms with van der Waals surface area (Å²) in [5.41, 5.74) is 6.93. The summed E-state index contributed by atoms with van der Waals surface area (Å²) in [6.45, 7) is 1.58. The lowest BCUT2D eigenvalue weighted by molar-refractivity contribution is 0.185. The van der Waals surface area contributed by atoms with Gasteiger partial charge in [0.05, 0.1) is 23.2 Å². The largest absolute Gasteiger partial charge is 0.380 e. The van der Waals surface area contributed by atoms with Gasteiger partial charge in [-0.25, -0.2) is 9.18 Å². The Morgan fingerprint density at radius 1 is 1.24 bits per heavy atom. The van der Waals surface area contributed by atoms with Gasteiger partial charge < -0.3 is 15.4 Å². The highest BCUT2D eigenvalue weighted by atomic mass is 19.1. The molecule has 0 bridgehead atoms. The number of anilines is 1. The molecule has 5 rings (SSSR count). The van der Waals surface area contributed by atoms with Gasteiger partial charge in [-0.05, 0) is 43.6 Å². The molecule has 1 saturated heterocycles. The second-order valence-corrected chi connectivity index (χ2v) is 8.80. The van der Waals surface area contributed by atoms with E-state index in [1.165, 1.54) is 6.07 Å². The summed E-state index contributed by atoms with van der Waals surface area (Å²) in [6, 6.07) is 1.47. The van der Waals surface area contributed by atoms with E-state index in [2.05, 4.69) is 9.88 Å². The van der Waals surface area contributed by atoms with Crippen molar-refractivity contribution in [2.24, 2.45) is 17.6 Å². The third kappa shape index (κ3) is 3.00. The molecule has 3 unspecified atom stereocenters. The van der Waals surface area contributed by atoms with Gasteiger partial charge in [0, 0.05) is 37.8 Å². The predicted octanol–water partition coefficient (Wildman–Crippen LogP) is 1.87. The fraction of sp³-hybridized carbons (Fsp3) is 0.619. The van der Waals surface area contributed by atoms with Crippen LogP contribution in [0.3, 0.4) is 0 Å². The smallest absolute Gasteiger partial charge is 0.329 e. The monoisotopic (exact) mass is 402 g/mol. The number of aromatic nitrogens is 2. The van der Waals surface area contributed by atoms with Crippen LogP contribution < -0.4 is 21.9 Å². The van der Waals surface area contributed by atoms with Crippen LogP contribution in [-0.4, -0.2) is 35.8 Å². The first-order valence-electron chi connectivity index (χ1n) is 10.5. The second-order valence-electron chi connectivity index (χ2n) is 8.80. The van der Waals surface area contributed by atoms with Crippen molar-refractivity contribution in [2.45, 2.75) is 50.8 Å². The molecule has 0 radical (unpaired) electrons. The van der Waals surface area contributed by atoms with Gasteiger partial charge in [0.2, 0.25) is 0 Å². The molecule has 0 spiro atoms. The third-order valence-corrected chi connectivity index (χ3v) is 6.92. The van der Waals surface area contributed by atoms with Gasteiger partial charge in [-0.3, -0.25) is 14.3 Å². The maximum Gasteiger partial charge on any atom is 0.329 e. The third-order valence-electron chi connectivity index (χ3n) is 6.92. The van der Waals surface area contributed by atoms with Crippen LogP contribution in [0.1, 0.15) is 43.7 Å². The minimum absolute atomic E-state index is 0.0466. The first-order chi connectivity index (χ1) is 14.0. The Kier molecular flexibility index (Phi) is 4.51. The van der Waals surface area contributed by atoms with E-state index < -0.39 is 17.1 Å². The lowest BCUT2D eigenvalue weighted by Crippen LogP contribution is -2.38. The van der Waals surface area contributed by atoms with Gasteiger partial charge in [-0.1, -0.05) is 6.42 Å². The van der Waals surface area contributed by atoms with Crippen molar-refractivity contribution in [1.29, 1.82) is 0 Å². The summed E-state index contributed by atoms with van der Waals surface area (Å²) in [5, 5.41) is 0.207. The number of hydrogen-bond donors (Lipinski definition) is 2. The van der Waals surface area contributed by atoms with E-state index in [1.807, 2.05) is 0 Å². The van der Waals surface area contributed by atoms with Crippen LogP contribution in [0.15, 0.2) is 15.7 Å². The lowest BCUT2D eigenvalue weighted by atomic mass is 9.78. The SMILES string of the molecule is COCc1c(N2CC3CCCC(N)C3C2)c(F)cc2c(=O)[nH]c(=O)n(C3CC3)c12. The van der Waals surface area contributed by atoms with Gasteiger partial charge in [-0.15, -0.1) is 0 Å². The Morgan fingerprint density at radius 2 is 2.03 bits per heavy atom. The predicted molar refractivity (Wildman–Crippen MR) is 109 cm³/mol. The molecule has 156 valence electrons. The molecule has 2 heterocycles. The summed E-state index contributed by atoms with van der Waals surface area (Å²) >= 11 is 0. The number of rotatable bonds is 4. The summed E-state index contributed by atoms with van der Waals surface area (Å²) in [6.07, 6.45) is 4.98. The van der Waals surface area contributed by atoms with Crippen molar-refractivity contribution < 1.29 is 9.13 Å². The van der Waals surface area contributed by atoms with Crippen LogP contribution in [0.2, 0.25) is 0 Å². The maximum atomic E-state index is 15.4. The molecule has 1 aromatic carbocycles. The normalized spacial score (nSPS) is 26.9. The average molecular weight is 402 g/mol. The number of aromatic amines is 1. The van der Waals surface area contributed by atoms with Gasteiger partial charge in [0.15, 0.2) is 0 Å². The van der Waals surface area contributed by atoms with E-state index >= 15 is 4.39 Å². The number of halogens is 1. The lowest BCUT2D eigenvalue weighted by Gasteiger charge is -2.29. The zero-order valence-corrected chi connectivity index (χ0v) is 16.6. The van der Waals surface area contributed by atoms with Crippen LogP contribution in [0.5, 0.6) is 0 Å². The molecule has 3 N–H and O–H groups in total. The number of hydrogen-bond acceptors (Lipinski definition) is 5. The standard InChI is InChI=1S/C21H27FN4O3/c1-29-10-15-18-13(20(27)24-21(28)26(18)12-5-6-12)7-16(22)19(15)25-8-11-3-2-4-17(23)14(11)9-25/h7,11-12,14,17H,2-6,8-10,23H2,1H3,(H,24,27,28). The van der Waals surface area contributed by atoms with E-state index in [1.54, 1.807) is 11.7 Å². The molecule has 29 heavy (non-hydrogen) atoms. The van der Waals surface area contributed by atoms with Crippen molar-refractivity contribution in [1.82, 2.24) is 9.55 Å². The molecule has 2 aliphatic carbocycles. The highest BCUT2D eigenvalue weighted by Gasteiger charge is 2.40. The van der Waals surface area contributed by atoms with Crippen LogP contribution in [0, 0.1) is 17.7 Å². The van der Waals surface area contributed by atoms with E-state index in [4.69, 9.17) is 10.5 Å². The van der Waals surface area contributed by atoms with Crippen molar-refractivity contribution in [3.8, 4) is 0 Å². The molecule has 3 atom stereocenters. The average Bonchev–Trinajstić information content (AvgIpc) is 3.41. The Morgan fingerprint density at radius 3 is 2.72 bits per heavy atom. The number of fused-ring (bicyclic) bond motifs is 2. The Balaban J connectivity index is 1.72. The second kappa shape index (κ2) is 6.95. The number of benzene rings is 1. The number of H-pyrrole nitrogens is 1. The molecule has 1 aliphatic heterocycles. The molecule has 2 aromatic rings. The molecule has 7 nitrogen and oxygen atoms in total. The fourth-order valence-electron chi connectivity index (χ4n) is 5.46. The number of nitrogens with two attached hydrogens (primary N) is 1. The fourth-order valence-corrected chi connectivity index (χ4v) is 5.46. The van der Waals surface area contributed by atoms with Crippen LogP contribution in [-0.2, 0) is 11.3 Å². The summed E-state index contributed by atoms with van der Waals surface area (Å²) < 4.78 is 22.4. The Bertz CT molecular complexity index is 1070. The van der Waals surface area contributed by atoms with Crippen molar-refractivity contribution in [3.05, 3.63) is 38.3 Å². The number of nitrogens with zero attached hydrogens (tertiary/aromatic N) is 2. The molecule has 2 saturated carbocycles. The first-order valence-corrected chi connectivity index (χ1v) is 10.5. The first kappa shape index (κ1) is 18.8. The number of ether oxygens (including phenoxy) is 1. The molecule has 1 aromatic heterocycles. The number of nitrogens with one attached hydrogen (secondary N) is 1. The zero-order chi connectivity index (χ0) is 20.3. The van der Waals surface area contributed by atoms with Gasteiger partial charge >= 0.3 is 5.69 Å². The minimum atomic E-state index is -0.554. The molecule has 3 fully saturated rings. The van der Waals surface area contributed by atoms with Crippen molar-refractivity contribution in [2.75, 3.05) is 25.1 Å². The maximum absolute atomic E-state index is 15.4. The molecular formula is C21H27FN4O3. The molecule has 3 aliphatic rings. The van der Waals surface area contributed by atoms with E-state index in [0.717, 1.165) is 38.6 Å². The zero-order valence-electron chi connectivity index (χ0n) is 16.6. The topological polar surface area (TPSA) is 93.3 Å². The molecular weight excluding hydrogens is 375 g/mol. The molecule has 0 amide bonds. The van der Waals surface area contributed by atoms with E-state index in [9.17, 15) is 9.59 Å². The van der Waals surface area contributed by atoms with E-state index in [0.29, 0.717) is 35.1 Å². The minimum Gasteiger partial charge on any atom is -0.380 e.